The van der Waals surface area contributed by atoms with Crippen LogP contribution in [0.3, 0.4) is 0 Å². The molecule has 20 heavy (non-hydrogen) atoms. The van der Waals surface area contributed by atoms with Gasteiger partial charge < -0.3 is 20.8 Å². The number of aliphatic hydroxyl groups excluding tert-OH is 1. The number of benzene rings is 1. The molecule has 1 aromatic carbocycles. The molecule has 6 heteroatoms. The number of amidine groups is 1. The molecular formula is C14H15N3O3. The van der Waals surface area contributed by atoms with Crippen LogP contribution in [0, 0.1) is 6.92 Å². The van der Waals surface area contributed by atoms with Crippen LogP contribution in [0.4, 0.5) is 0 Å². The molecule has 104 valence electrons. The molecule has 0 amide bonds. The summed E-state index contributed by atoms with van der Waals surface area (Å²) in [6, 6.07) is 8.78. The van der Waals surface area contributed by atoms with Crippen LogP contribution in [0.2, 0.25) is 0 Å². The Morgan fingerprint density at radius 1 is 1.35 bits per heavy atom. The normalized spacial score (nSPS) is 11.4. The van der Waals surface area contributed by atoms with Crippen LogP contribution in [0.15, 0.2) is 41.7 Å². The Hall–Kier alpha value is -2.60. The van der Waals surface area contributed by atoms with Crippen molar-refractivity contribution in [2.75, 3.05) is 0 Å². The number of ether oxygens (including phenoxy) is 1. The van der Waals surface area contributed by atoms with E-state index in [0.29, 0.717) is 16.9 Å². The number of aromatic nitrogens is 1. The monoisotopic (exact) mass is 273 g/mol. The maximum absolute atomic E-state index is 9.29. The molecule has 0 aliphatic heterocycles. The van der Waals surface area contributed by atoms with Crippen LogP contribution >= 0.6 is 0 Å². The van der Waals surface area contributed by atoms with E-state index in [0.717, 1.165) is 5.56 Å². The van der Waals surface area contributed by atoms with E-state index in [-0.39, 0.29) is 18.3 Å². The van der Waals surface area contributed by atoms with E-state index in [1.165, 1.54) is 0 Å². The lowest BCUT2D eigenvalue weighted by Crippen LogP contribution is -2.16. The summed E-state index contributed by atoms with van der Waals surface area (Å²) in [5, 5.41) is 21.1. The molecule has 2 rings (SSSR count). The highest BCUT2D eigenvalue weighted by Crippen LogP contribution is 2.27. The molecule has 6 nitrogen and oxygen atoms in total. The van der Waals surface area contributed by atoms with Gasteiger partial charge in [0.25, 0.3) is 0 Å². The number of aryl methyl sites for hydroxylation is 1. The molecular weight excluding hydrogens is 258 g/mol. The van der Waals surface area contributed by atoms with E-state index in [4.69, 9.17) is 15.7 Å². The van der Waals surface area contributed by atoms with E-state index >= 15 is 0 Å². The molecule has 0 saturated carbocycles. The van der Waals surface area contributed by atoms with Gasteiger partial charge in [-0.2, -0.15) is 0 Å². The SMILES string of the molecule is Cc1ccnc(Oc2ccccc2CO)c1/C(N)=N/O. The molecule has 0 saturated heterocycles. The van der Waals surface area contributed by atoms with Gasteiger partial charge >= 0.3 is 0 Å². The van der Waals surface area contributed by atoms with Gasteiger partial charge in [-0.25, -0.2) is 4.98 Å². The Bertz CT molecular complexity index is 641. The Morgan fingerprint density at radius 2 is 2.10 bits per heavy atom. The molecule has 0 aliphatic carbocycles. The average Bonchev–Trinajstić information content (AvgIpc) is 2.47. The lowest BCUT2D eigenvalue weighted by Gasteiger charge is -2.13. The summed E-state index contributed by atoms with van der Waals surface area (Å²) in [5.41, 5.74) is 7.47. The fraction of sp³-hybridized carbons (Fsp3) is 0.143. The number of pyridine rings is 1. The zero-order valence-corrected chi connectivity index (χ0v) is 10.9. The first-order chi connectivity index (χ1) is 9.67. The Kier molecular flexibility index (Phi) is 4.17. The van der Waals surface area contributed by atoms with Crippen molar-refractivity contribution in [3.63, 3.8) is 0 Å². The van der Waals surface area contributed by atoms with E-state index in [9.17, 15) is 5.11 Å². The predicted octanol–water partition coefficient (Wildman–Crippen LogP) is 1.77. The highest BCUT2D eigenvalue weighted by Gasteiger charge is 2.15. The Labute approximate surface area is 116 Å². The number of nitrogens with zero attached hydrogens (tertiary/aromatic N) is 2. The maximum Gasteiger partial charge on any atom is 0.230 e. The summed E-state index contributed by atoms with van der Waals surface area (Å²) >= 11 is 0. The smallest absolute Gasteiger partial charge is 0.230 e. The van der Waals surface area contributed by atoms with E-state index < -0.39 is 0 Å². The summed E-state index contributed by atoms with van der Waals surface area (Å²) in [4.78, 5) is 4.10. The first-order valence-electron chi connectivity index (χ1n) is 5.97. The average molecular weight is 273 g/mol. The minimum atomic E-state index is -0.152. The molecule has 0 radical (unpaired) electrons. The van der Waals surface area contributed by atoms with Gasteiger partial charge in [0, 0.05) is 11.8 Å². The minimum Gasteiger partial charge on any atom is -0.438 e. The third kappa shape index (κ3) is 2.70. The van der Waals surface area contributed by atoms with Gasteiger partial charge in [-0.1, -0.05) is 23.4 Å². The third-order valence-electron chi connectivity index (χ3n) is 2.84. The standard InChI is InChI=1S/C14H15N3O3/c1-9-6-7-16-14(12(9)13(15)17-19)20-11-5-3-2-4-10(11)8-18/h2-7,18-19H,8H2,1H3,(H2,15,17). The number of rotatable bonds is 4. The third-order valence-corrected chi connectivity index (χ3v) is 2.84. The van der Waals surface area contributed by atoms with Crippen molar-refractivity contribution in [1.82, 2.24) is 4.98 Å². The molecule has 0 aliphatic rings. The number of hydrogen-bond donors (Lipinski definition) is 3. The highest BCUT2D eigenvalue weighted by molar-refractivity contribution is 6.00. The second kappa shape index (κ2) is 6.03. The molecule has 0 atom stereocenters. The van der Waals surface area contributed by atoms with Crippen LogP contribution in [-0.2, 0) is 6.61 Å². The van der Waals surface area contributed by atoms with Crippen LogP contribution < -0.4 is 10.5 Å². The van der Waals surface area contributed by atoms with Crippen molar-refractivity contribution >= 4 is 5.84 Å². The first kappa shape index (κ1) is 13.8. The Morgan fingerprint density at radius 3 is 2.80 bits per heavy atom. The van der Waals surface area contributed by atoms with Gasteiger partial charge in [0.05, 0.1) is 12.2 Å². The molecule has 0 fully saturated rings. The second-order valence-electron chi connectivity index (χ2n) is 4.16. The number of nitrogens with two attached hydrogens (primary N) is 1. The quantitative estimate of drug-likeness (QED) is 0.341. The van der Waals surface area contributed by atoms with Crippen molar-refractivity contribution in [1.29, 1.82) is 0 Å². The molecule has 0 bridgehead atoms. The number of hydrogen-bond acceptors (Lipinski definition) is 5. The van der Waals surface area contributed by atoms with Crippen LogP contribution in [0.25, 0.3) is 0 Å². The van der Waals surface area contributed by atoms with E-state index in [2.05, 4.69) is 10.1 Å². The molecule has 1 aromatic heterocycles. The van der Waals surface area contributed by atoms with E-state index in [1.807, 2.05) is 0 Å². The maximum atomic E-state index is 9.29. The van der Waals surface area contributed by atoms with E-state index in [1.54, 1.807) is 43.5 Å². The fourth-order valence-corrected chi connectivity index (χ4v) is 1.81. The summed E-state index contributed by atoms with van der Waals surface area (Å²) in [6.07, 6.45) is 1.57. The first-order valence-corrected chi connectivity index (χ1v) is 5.97. The van der Waals surface area contributed by atoms with Crippen molar-refractivity contribution in [3.8, 4) is 11.6 Å². The number of oxime groups is 1. The van der Waals surface area contributed by atoms with Gasteiger partial charge in [0.2, 0.25) is 5.88 Å². The van der Waals surface area contributed by atoms with Crippen LogP contribution in [0.5, 0.6) is 11.6 Å². The summed E-state index contributed by atoms with van der Waals surface area (Å²) in [5.74, 6) is 0.619. The van der Waals surface area contributed by atoms with Crippen molar-refractivity contribution in [2.45, 2.75) is 13.5 Å². The van der Waals surface area contributed by atoms with Gasteiger partial charge in [0.1, 0.15) is 5.75 Å². The lowest BCUT2D eigenvalue weighted by atomic mass is 10.1. The molecule has 4 N–H and O–H groups in total. The van der Waals surface area contributed by atoms with Crippen molar-refractivity contribution < 1.29 is 15.1 Å². The molecule has 1 heterocycles. The summed E-state index contributed by atoms with van der Waals surface area (Å²) in [7, 11) is 0. The van der Waals surface area contributed by atoms with Gasteiger partial charge in [-0.15, -0.1) is 0 Å². The summed E-state index contributed by atoms with van der Waals surface area (Å²) < 4.78 is 5.69. The summed E-state index contributed by atoms with van der Waals surface area (Å²) in [6.45, 7) is 1.65. The van der Waals surface area contributed by atoms with Gasteiger partial charge in [-0.3, -0.25) is 0 Å². The molecule has 2 aromatic rings. The van der Waals surface area contributed by atoms with Crippen molar-refractivity contribution in [3.05, 3.63) is 53.2 Å². The highest BCUT2D eigenvalue weighted by atomic mass is 16.5. The Balaban J connectivity index is 2.46. The van der Waals surface area contributed by atoms with Gasteiger partial charge in [0.15, 0.2) is 5.84 Å². The number of para-hydroxylation sites is 1. The molecule has 0 spiro atoms. The number of aliphatic hydroxyl groups is 1. The molecule has 0 unspecified atom stereocenters. The zero-order valence-electron chi connectivity index (χ0n) is 10.9. The zero-order chi connectivity index (χ0) is 14.5. The topological polar surface area (TPSA) is 101 Å². The second-order valence-corrected chi connectivity index (χ2v) is 4.16. The largest absolute Gasteiger partial charge is 0.438 e. The lowest BCUT2D eigenvalue weighted by molar-refractivity contribution is 0.276. The van der Waals surface area contributed by atoms with Crippen LogP contribution in [0.1, 0.15) is 16.7 Å². The van der Waals surface area contributed by atoms with Crippen LogP contribution in [-0.4, -0.2) is 21.1 Å². The fourth-order valence-electron chi connectivity index (χ4n) is 1.81. The predicted molar refractivity (Wildman–Crippen MR) is 73.9 cm³/mol. The van der Waals surface area contributed by atoms with Crippen molar-refractivity contribution in [2.24, 2.45) is 10.9 Å². The van der Waals surface area contributed by atoms with Gasteiger partial charge in [-0.05, 0) is 24.6 Å². The minimum absolute atomic E-state index is 0.0768.